The second-order valence-electron chi connectivity index (χ2n) is 9.19. The normalized spacial score (nSPS) is 29.0. The maximum Gasteiger partial charge on any atom is 0.0858 e. The molecule has 4 unspecified atom stereocenters. The molecule has 0 aliphatic heterocycles. The van der Waals surface area contributed by atoms with Crippen molar-refractivity contribution in [2.75, 3.05) is 13.2 Å². The molecule has 2 rings (SSSR count). The molecule has 27 heavy (non-hydrogen) atoms. The maximum absolute atomic E-state index is 9.20. The summed E-state index contributed by atoms with van der Waals surface area (Å²) >= 11 is 0. The Balaban J connectivity index is 2.33. The first kappa shape index (κ1) is 22.4. The molecule has 0 saturated heterocycles. The van der Waals surface area contributed by atoms with Gasteiger partial charge in [-0.15, -0.1) is 0 Å². The summed E-state index contributed by atoms with van der Waals surface area (Å²) in [7, 11) is 0. The van der Waals surface area contributed by atoms with E-state index in [1.165, 1.54) is 5.56 Å². The van der Waals surface area contributed by atoms with Gasteiger partial charge in [0.2, 0.25) is 0 Å². The smallest absolute Gasteiger partial charge is 0.0858 e. The number of aliphatic hydroxyl groups excluding tert-OH is 1. The Bertz CT molecular complexity index is 554. The van der Waals surface area contributed by atoms with Gasteiger partial charge in [-0.2, -0.15) is 0 Å². The zero-order valence-electron chi connectivity index (χ0n) is 18.2. The van der Waals surface area contributed by atoms with Crippen molar-refractivity contribution in [3.63, 3.8) is 0 Å². The fourth-order valence-electron chi connectivity index (χ4n) is 5.57. The van der Waals surface area contributed by atoms with Crippen molar-refractivity contribution in [1.82, 2.24) is 0 Å². The van der Waals surface area contributed by atoms with Crippen LogP contribution in [0.15, 0.2) is 30.3 Å². The molecule has 1 aliphatic rings. The standard InChI is InChI=1S/C24H40O3/c1-7-21-23(4,5)20(14-15-24(21,6)27-18(2)3)22(26-17-11-16-25)19-12-9-8-10-13-19/h8-10,12-13,18,20-22,25H,7,11,14-17H2,1-6H3. The van der Waals surface area contributed by atoms with Crippen molar-refractivity contribution in [1.29, 1.82) is 0 Å². The average molecular weight is 377 g/mol. The Kier molecular flexibility index (Phi) is 7.91. The molecule has 154 valence electrons. The molecule has 3 nitrogen and oxygen atoms in total. The zero-order valence-corrected chi connectivity index (χ0v) is 18.2. The van der Waals surface area contributed by atoms with E-state index < -0.39 is 0 Å². The highest BCUT2D eigenvalue weighted by molar-refractivity contribution is 5.20. The lowest BCUT2D eigenvalue weighted by molar-refractivity contribution is -0.192. The van der Waals surface area contributed by atoms with Crippen LogP contribution < -0.4 is 0 Å². The summed E-state index contributed by atoms with van der Waals surface area (Å²) in [5.41, 5.74) is 1.25. The molecule has 0 bridgehead atoms. The summed E-state index contributed by atoms with van der Waals surface area (Å²) < 4.78 is 12.9. The molecule has 0 heterocycles. The topological polar surface area (TPSA) is 38.7 Å². The van der Waals surface area contributed by atoms with Gasteiger partial charge in [0.1, 0.15) is 0 Å². The molecule has 1 aliphatic carbocycles. The SMILES string of the molecule is CCC1C(C)(OC(C)C)CCC(C(OCCCO)c2ccccc2)C1(C)C. The first-order chi connectivity index (χ1) is 12.8. The molecule has 1 aromatic carbocycles. The molecule has 1 N–H and O–H groups in total. The Morgan fingerprint density at radius 2 is 1.81 bits per heavy atom. The third-order valence-electron chi connectivity index (χ3n) is 6.55. The minimum Gasteiger partial charge on any atom is -0.396 e. The molecule has 0 radical (unpaired) electrons. The number of ether oxygens (including phenoxy) is 2. The molecule has 1 fully saturated rings. The van der Waals surface area contributed by atoms with E-state index in [1.807, 2.05) is 0 Å². The van der Waals surface area contributed by atoms with Gasteiger partial charge >= 0.3 is 0 Å². The summed E-state index contributed by atoms with van der Waals surface area (Å²) in [6, 6.07) is 10.6. The van der Waals surface area contributed by atoms with Gasteiger partial charge in [0.25, 0.3) is 0 Å². The molecular formula is C24H40O3. The van der Waals surface area contributed by atoms with E-state index in [0.717, 1.165) is 19.3 Å². The van der Waals surface area contributed by atoms with Crippen molar-refractivity contribution in [3.8, 4) is 0 Å². The first-order valence-electron chi connectivity index (χ1n) is 10.7. The van der Waals surface area contributed by atoms with Crippen LogP contribution >= 0.6 is 0 Å². The zero-order chi connectivity index (χ0) is 20.1. The number of benzene rings is 1. The Labute approximate surface area is 166 Å². The largest absolute Gasteiger partial charge is 0.396 e. The quantitative estimate of drug-likeness (QED) is 0.556. The van der Waals surface area contributed by atoms with Gasteiger partial charge in [-0.3, -0.25) is 0 Å². The minimum atomic E-state index is -0.0880. The average Bonchev–Trinajstić information content (AvgIpc) is 2.59. The van der Waals surface area contributed by atoms with Crippen molar-refractivity contribution in [2.24, 2.45) is 17.3 Å². The lowest BCUT2D eigenvalue weighted by Gasteiger charge is -2.56. The van der Waals surface area contributed by atoms with Gasteiger partial charge in [-0.25, -0.2) is 0 Å². The highest BCUT2D eigenvalue weighted by Crippen LogP contribution is 2.57. The van der Waals surface area contributed by atoms with Gasteiger partial charge in [0, 0.05) is 13.2 Å². The van der Waals surface area contributed by atoms with Crippen molar-refractivity contribution in [3.05, 3.63) is 35.9 Å². The first-order valence-corrected chi connectivity index (χ1v) is 10.7. The summed E-state index contributed by atoms with van der Waals surface area (Å²) in [4.78, 5) is 0. The summed E-state index contributed by atoms with van der Waals surface area (Å²) in [6.07, 6.45) is 4.23. The summed E-state index contributed by atoms with van der Waals surface area (Å²) in [5.74, 6) is 0.895. The van der Waals surface area contributed by atoms with Gasteiger partial charge in [0.05, 0.1) is 17.8 Å². The Morgan fingerprint density at radius 1 is 1.15 bits per heavy atom. The molecule has 4 atom stereocenters. The summed E-state index contributed by atoms with van der Waals surface area (Å²) in [5, 5.41) is 9.20. The van der Waals surface area contributed by atoms with Crippen molar-refractivity contribution < 1.29 is 14.6 Å². The second kappa shape index (κ2) is 9.54. The predicted octanol–water partition coefficient (Wildman–Crippen LogP) is 5.77. The number of hydrogen-bond acceptors (Lipinski definition) is 3. The van der Waals surface area contributed by atoms with Crippen LogP contribution in [-0.2, 0) is 9.47 Å². The van der Waals surface area contributed by atoms with Crippen LogP contribution in [0.25, 0.3) is 0 Å². The number of hydrogen-bond donors (Lipinski definition) is 1. The molecule has 1 saturated carbocycles. The van der Waals surface area contributed by atoms with Crippen LogP contribution in [0.5, 0.6) is 0 Å². The molecule has 0 aromatic heterocycles. The van der Waals surface area contributed by atoms with E-state index in [0.29, 0.717) is 24.9 Å². The minimum absolute atomic E-state index is 0.0606. The van der Waals surface area contributed by atoms with Gasteiger partial charge < -0.3 is 14.6 Å². The van der Waals surface area contributed by atoms with Gasteiger partial charge in [-0.1, -0.05) is 57.5 Å². The van der Waals surface area contributed by atoms with E-state index in [9.17, 15) is 5.11 Å². The van der Waals surface area contributed by atoms with Gasteiger partial charge in [0.15, 0.2) is 0 Å². The lowest BCUT2D eigenvalue weighted by Crippen LogP contribution is -2.54. The van der Waals surface area contributed by atoms with Crippen LogP contribution in [-0.4, -0.2) is 30.0 Å². The van der Waals surface area contributed by atoms with Crippen LogP contribution in [0.4, 0.5) is 0 Å². The fourth-order valence-corrected chi connectivity index (χ4v) is 5.57. The molecule has 3 heteroatoms. The molecule has 0 spiro atoms. The van der Waals surface area contributed by atoms with E-state index >= 15 is 0 Å². The van der Waals surface area contributed by atoms with Crippen molar-refractivity contribution >= 4 is 0 Å². The highest BCUT2D eigenvalue weighted by Gasteiger charge is 2.53. The third kappa shape index (κ3) is 5.13. The number of rotatable bonds is 9. The summed E-state index contributed by atoms with van der Waals surface area (Å²) in [6.45, 7) is 14.5. The third-order valence-corrected chi connectivity index (χ3v) is 6.55. The second-order valence-corrected chi connectivity index (χ2v) is 9.19. The fraction of sp³-hybridized carbons (Fsp3) is 0.750. The van der Waals surface area contributed by atoms with Crippen molar-refractivity contribution in [2.45, 2.75) is 85.0 Å². The highest BCUT2D eigenvalue weighted by atomic mass is 16.5. The van der Waals surface area contributed by atoms with Crippen LogP contribution in [0.3, 0.4) is 0 Å². The molecular weight excluding hydrogens is 336 g/mol. The molecule has 0 amide bonds. The predicted molar refractivity (Wildman–Crippen MR) is 112 cm³/mol. The molecule has 1 aromatic rings. The Hall–Kier alpha value is -0.900. The number of aliphatic hydroxyl groups is 1. The lowest BCUT2D eigenvalue weighted by atomic mass is 9.54. The van der Waals surface area contributed by atoms with Gasteiger partial charge in [-0.05, 0) is 62.8 Å². The van der Waals surface area contributed by atoms with Crippen LogP contribution in [0, 0.1) is 17.3 Å². The maximum atomic E-state index is 9.20. The van der Waals surface area contributed by atoms with Crippen LogP contribution in [0.1, 0.15) is 78.9 Å². The van der Waals surface area contributed by atoms with E-state index in [-0.39, 0.29) is 29.8 Å². The van der Waals surface area contributed by atoms with Crippen LogP contribution in [0.2, 0.25) is 0 Å². The van der Waals surface area contributed by atoms with E-state index in [1.54, 1.807) is 0 Å². The monoisotopic (exact) mass is 376 g/mol. The van der Waals surface area contributed by atoms with E-state index in [4.69, 9.17) is 9.47 Å². The van der Waals surface area contributed by atoms with E-state index in [2.05, 4.69) is 71.9 Å². The Morgan fingerprint density at radius 3 is 2.37 bits per heavy atom.